The van der Waals surface area contributed by atoms with Crippen LogP contribution in [0.1, 0.15) is 37.7 Å². The number of fused-ring (bicyclic) bond motifs is 3. The molecular formula is C23H30N2O. The SMILES string of the molecule is CN(CCc1cccc2ccccc12)C(=O)C1CC2CCCC(C1)C2N. The van der Waals surface area contributed by atoms with Gasteiger partial charge in [-0.25, -0.2) is 0 Å². The minimum atomic E-state index is 0.183. The number of carbonyl (C=O) groups is 1. The molecule has 0 spiro atoms. The first-order chi connectivity index (χ1) is 12.6. The zero-order valence-electron chi connectivity index (χ0n) is 15.7. The van der Waals surface area contributed by atoms with Crippen LogP contribution in [0.5, 0.6) is 0 Å². The number of amides is 1. The van der Waals surface area contributed by atoms with Gasteiger partial charge in [0.05, 0.1) is 0 Å². The molecule has 0 saturated heterocycles. The fourth-order valence-electron chi connectivity index (χ4n) is 5.21. The molecule has 2 atom stereocenters. The lowest BCUT2D eigenvalue weighted by Crippen LogP contribution is -2.49. The molecule has 2 aromatic carbocycles. The molecule has 2 N–H and O–H groups in total. The number of nitrogens with two attached hydrogens (primary N) is 1. The third kappa shape index (κ3) is 3.37. The summed E-state index contributed by atoms with van der Waals surface area (Å²) < 4.78 is 0. The Morgan fingerprint density at radius 3 is 2.54 bits per heavy atom. The first-order valence-electron chi connectivity index (χ1n) is 10.1. The van der Waals surface area contributed by atoms with E-state index in [0.29, 0.717) is 23.8 Å². The van der Waals surface area contributed by atoms with E-state index in [1.54, 1.807) is 0 Å². The molecule has 0 aliphatic heterocycles. The molecule has 138 valence electrons. The van der Waals surface area contributed by atoms with Gasteiger partial charge in [0.25, 0.3) is 0 Å². The number of hydrogen-bond donors (Lipinski definition) is 1. The second-order valence-corrected chi connectivity index (χ2v) is 8.34. The topological polar surface area (TPSA) is 46.3 Å². The predicted molar refractivity (Wildman–Crippen MR) is 107 cm³/mol. The fourth-order valence-corrected chi connectivity index (χ4v) is 5.21. The van der Waals surface area contributed by atoms with Gasteiger partial charge in [-0.2, -0.15) is 0 Å². The minimum Gasteiger partial charge on any atom is -0.345 e. The smallest absolute Gasteiger partial charge is 0.225 e. The molecule has 2 aromatic rings. The number of rotatable bonds is 4. The number of benzene rings is 2. The lowest BCUT2D eigenvalue weighted by molar-refractivity contribution is -0.137. The first-order valence-corrected chi connectivity index (χ1v) is 10.1. The largest absolute Gasteiger partial charge is 0.345 e. The molecule has 2 fully saturated rings. The summed E-state index contributed by atoms with van der Waals surface area (Å²) in [6.07, 6.45) is 6.61. The van der Waals surface area contributed by atoms with Crippen LogP contribution in [0.2, 0.25) is 0 Å². The second kappa shape index (κ2) is 7.40. The predicted octanol–water partition coefficient (Wildman–Crippen LogP) is 3.99. The van der Waals surface area contributed by atoms with Crippen molar-refractivity contribution in [2.45, 2.75) is 44.6 Å². The van der Waals surface area contributed by atoms with Crippen molar-refractivity contribution in [2.24, 2.45) is 23.5 Å². The van der Waals surface area contributed by atoms with Crippen molar-refractivity contribution in [3.05, 3.63) is 48.0 Å². The van der Waals surface area contributed by atoms with Crippen LogP contribution in [0.25, 0.3) is 10.8 Å². The van der Waals surface area contributed by atoms with Crippen LogP contribution in [0.3, 0.4) is 0 Å². The van der Waals surface area contributed by atoms with E-state index in [1.165, 1.54) is 35.6 Å². The maximum Gasteiger partial charge on any atom is 0.225 e. The second-order valence-electron chi connectivity index (χ2n) is 8.34. The summed E-state index contributed by atoms with van der Waals surface area (Å²) in [5.41, 5.74) is 7.71. The van der Waals surface area contributed by atoms with E-state index < -0.39 is 0 Å². The van der Waals surface area contributed by atoms with Crippen LogP contribution in [0.4, 0.5) is 0 Å². The average Bonchev–Trinajstić information content (AvgIpc) is 2.65. The van der Waals surface area contributed by atoms with Crippen molar-refractivity contribution in [3.63, 3.8) is 0 Å². The highest BCUT2D eigenvalue weighted by atomic mass is 16.2. The Bertz CT molecular complexity index is 767. The van der Waals surface area contributed by atoms with Gasteiger partial charge in [0.2, 0.25) is 5.91 Å². The molecule has 26 heavy (non-hydrogen) atoms. The number of hydrogen-bond acceptors (Lipinski definition) is 2. The Morgan fingerprint density at radius 2 is 1.77 bits per heavy atom. The summed E-state index contributed by atoms with van der Waals surface area (Å²) in [6.45, 7) is 0.782. The molecule has 4 rings (SSSR count). The lowest BCUT2D eigenvalue weighted by atomic mass is 9.65. The Morgan fingerprint density at radius 1 is 1.08 bits per heavy atom. The molecule has 2 bridgehead atoms. The third-order valence-electron chi connectivity index (χ3n) is 6.73. The Hall–Kier alpha value is -1.87. The number of carbonyl (C=O) groups excluding carboxylic acids is 1. The van der Waals surface area contributed by atoms with E-state index >= 15 is 0 Å². The van der Waals surface area contributed by atoms with Gasteiger partial charge < -0.3 is 10.6 Å². The van der Waals surface area contributed by atoms with Crippen molar-refractivity contribution in [2.75, 3.05) is 13.6 Å². The van der Waals surface area contributed by atoms with Crippen molar-refractivity contribution in [1.82, 2.24) is 4.90 Å². The van der Waals surface area contributed by atoms with Crippen LogP contribution in [0.15, 0.2) is 42.5 Å². The number of nitrogens with zero attached hydrogens (tertiary/aromatic N) is 1. The summed E-state index contributed by atoms with van der Waals surface area (Å²) in [4.78, 5) is 15.0. The standard InChI is InChI=1S/C23H30N2O/c1-25(13-12-17-8-4-7-16-6-2-3-11-21(16)17)23(26)20-14-18-9-5-10-19(15-20)22(18)24/h2-4,6-8,11,18-20,22H,5,9-10,12-15,24H2,1H3. The summed E-state index contributed by atoms with van der Waals surface area (Å²) in [7, 11) is 1.97. The Balaban J connectivity index is 1.40. The fraction of sp³-hybridized carbons (Fsp3) is 0.522. The van der Waals surface area contributed by atoms with E-state index in [-0.39, 0.29) is 5.92 Å². The van der Waals surface area contributed by atoms with Crippen LogP contribution < -0.4 is 5.73 Å². The van der Waals surface area contributed by atoms with E-state index in [2.05, 4.69) is 42.5 Å². The molecule has 3 nitrogen and oxygen atoms in total. The molecule has 0 aromatic heterocycles. The molecule has 3 heteroatoms. The van der Waals surface area contributed by atoms with Gasteiger partial charge in [0.15, 0.2) is 0 Å². The summed E-state index contributed by atoms with van der Waals surface area (Å²) >= 11 is 0. The van der Waals surface area contributed by atoms with Crippen molar-refractivity contribution < 1.29 is 4.79 Å². The molecular weight excluding hydrogens is 320 g/mol. The van der Waals surface area contributed by atoms with Gasteiger partial charge in [-0.05, 0) is 60.3 Å². The Kier molecular flexibility index (Phi) is 4.99. The van der Waals surface area contributed by atoms with Crippen molar-refractivity contribution in [1.29, 1.82) is 0 Å². The first kappa shape index (κ1) is 17.5. The minimum absolute atomic E-state index is 0.183. The molecule has 2 aliphatic rings. The van der Waals surface area contributed by atoms with E-state index in [1.807, 2.05) is 11.9 Å². The summed E-state index contributed by atoms with van der Waals surface area (Å²) in [5.74, 6) is 1.63. The third-order valence-corrected chi connectivity index (χ3v) is 6.73. The molecule has 1 amide bonds. The van der Waals surface area contributed by atoms with Crippen LogP contribution >= 0.6 is 0 Å². The maximum atomic E-state index is 13.0. The molecule has 2 unspecified atom stereocenters. The van der Waals surface area contributed by atoms with Gasteiger partial charge in [-0.1, -0.05) is 48.9 Å². The highest BCUT2D eigenvalue weighted by molar-refractivity contribution is 5.85. The van der Waals surface area contributed by atoms with Crippen LogP contribution in [-0.4, -0.2) is 30.4 Å². The van der Waals surface area contributed by atoms with Gasteiger partial charge in [-0.3, -0.25) is 4.79 Å². The molecule has 2 saturated carbocycles. The van der Waals surface area contributed by atoms with Gasteiger partial charge in [0, 0.05) is 25.6 Å². The zero-order chi connectivity index (χ0) is 18.1. The molecule has 2 aliphatic carbocycles. The van der Waals surface area contributed by atoms with E-state index in [9.17, 15) is 4.79 Å². The highest BCUT2D eigenvalue weighted by Gasteiger charge is 2.41. The average molecular weight is 351 g/mol. The van der Waals surface area contributed by atoms with Gasteiger partial charge in [0.1, 0.15) is 0 Å². The van der Waals surface area contributed by atoms with Crippen LogP contribution in [-0.2, 0) is 11.2 Å². The normalized spacial score (nSPS) is 28.1. The monoisotopic (exact) mass is 350 g/mol. The quantitative estimate of drug-likeness (QED) is 0.906. The maximum absolute atomic E-state index is 13.0. The van der Waals surface area contributed by atoms with Crippen LogP contribution in [0, 0.1) is 17.8 Å². The zero-order valence-corrected chi connectivity index (χ0v) is 15.7. The van der Waals surface area contributed by atoms with E-state index in [4.69, 9.17) is 5.73 Å². The summed E-state index contributed by atoms with van der Waals surface area (Å²) in [5, 5.41) is 2.57. The Labute approximate surface area is 156 Å². The summed E-state index contributed by atoms with van der Waals surface area (Å²) in [6, 6.07) is 15.3. The van der Waals surface area contributed by atoms with Gasteiger partial charge in [-0.15, -0.1) is 0 Å². The van der Waals surface area contributed by atoms with Crippen molar-refractivity contribution in [3.8, 4) is 0 Å². The lowest BCUT2D eigenvalue weighted by Gasteiger charge is -2.44. The highest BCUT2D eigenvalue weighted by Crippen LogP contribution is 2.42. The number of likely N-dealkylation sites (N-methyl/N-ethyl adjacent to an activating group) is 1. The molecule has 0 heterocycles. The van der Waals surface area contributed by atoms with E-state index in [0.717, 1.165) is 25.8 Å². The van der Waals surface area contributed by atoms with Crippen molar-refractivity contribution >= 4 is 16.7 Å². The molecule has 0 radical (unpaired) electrons. The van der Waals surface area contributed by atoms with Gasteiger partial charge >= 0.3 is 0 Å².